The van der Waals surface area contributed by atoms with Crippen molar-refractivity contribution in [2.24, 2.45) is 0 Å². The predicted octanol–water partition coefficient (Wildman–Crippen LogP) is 6.48. The largest absolute Gasteiger partial charge is 1.00 e. The Hall–Kier alpha value is -1.18. The van der Waals surface area contributed by atoms with Crippen molar-refractivity contribution in [2.45, 2.75) is 335 Å². The number of ether oxygens (including phenoxy) is 3. The van der Waals surface area contributed by atoms with Crippen LogP contribution in [0.1, 0.15) is 304 Å². The van der Waals surface area contributed by atoms with Gasteiger partial charge in [-0.2, -0.15) is 0 Å². The van der Waals surface area contributed by atoms with Gasteiger partial charge >= 0.3 is 65.1 Å². The van der Waals surface area contributed by atoms with Crippen LogP contribution < -0.4 is 90.2 Å². The predicted molar refractivity (Wildman–Crippen MR) is 369 cm³/mol. The fourth-order valence-corrected chi connectivity index (χ4v) is 11.8. The molecule has 0 rings (SSSR count). The first kappa shape index (κ1) is 100.0. The molecule has 0 saturated heterocycles. The summed E-state index contributed by atoms with van der Waals surface area (Å²) in [5.41, 5.74) is 0. The number of amides is 4. The van der Waals surface area contributed by atoms with Gasteiger partial charge in [0, 0.05) is 52.0 Å². The number of nitrogens with one attached hydrogen (secondary N) is 4. The second kappa shape index (κ2) is 70.5. The molecule has 0 spiro atoms. The number of ketones is 1. The van der Waals surface area contributed by atoms with E-state index in [1.165, 1.54) is 51.4 Å². The van der Waals surface area contributed by atoms with Gasteiger partial charge in [0.2, 0.25) is 23.6 Å². The third-order valence-corrected chi connectivity index (χ3v) is 18.0. The standard InChI is InChI=1S/C70H134N4O19P2.2Na/c1-6-11-16-21-23-25-27-32-36-41-64(77)54-68(80)73-60(56-87-50-46-62(75)39-34-29-18-13-8-3)58-91-94(83,84)89-52-48-71-66(78)44-45-67(79)72-49-53-90-95(85,86)92-59-61(57-88-51-47-63(76)40-35-30-19-14-9-4)74-69(81)55-65(42-37-31-20-15-10-5)93-70(82)43-38-33-28-26-24-22-17-12-7-2;;/h26,28,60-63,65,75-76H,6-25,27,29-59H2,1-5H3,(H,71,78)(H,72,79)(H,73,80)(H,74,81)(H,83,84)(H,85,86);;/q;2*+1/p-2/b28-26-;;/t60?,61?,62?,63?,65-;;/m1../s1. The molecule has 0 aliphatic rings. The van der Waals surface area contributed by atoms with E-state index in [9.17, 15) is 57.9 Å². The molecule has 0 heterocycles. The van der Waals surface area contributed by atoms with Crippen molar-refractivity contribution in [2.75, 3.05) is 65.9 Å². The Morgan fingerprint density at radius 2 is 0.794 bits per heavy atom. The molecule has 27 heteroatoms. The number of aliphatic hydroxyl groups is 2. The van der Waals surface area contributed by atoms with E-state index in [0.29, 0.717) is 44.9 Å². The van der Waals surface area contributed by atoms with Gasteiger partial charge in [-0.3, -0.25) is 37.9 Å². The number of aliphatic hydroxyl groups excluding tert-OH is 2. The van der Waals surface area contributed by atoms with Gasteiger partial charge in [0.25, 0.3) is 15.6 Å². The minimum atomic E-state index is -5.01. The van der Waals surface area contributed by atoms with Crippen LogP contribution in [-0.2, 0) is 70.2 Å². The molecule has 0 aliphatic heterocycles. The maximum absolute atomic E-state index is 13.6. The first-order valence-corrected chi connectivity index (χ1v) is 39.9. The summed E-state index contributed by atoms with van der Waals surface area (Å²) >= 11 is 0. The Bertz CT molecular complexity index is 2060. The molecule has 0 radical (unpaired) electrons. The van der Waals surface area contributed by atoms with E-state index in [2.05, 4.69) is 68.0 Å². The Morgan fingerprint density at radius 3 is 1.24 bits per heavy atom. The molecule has 0 aliphatic carbocycles. The molecule has 0 aromatic carbocycles. The molecule has 4 amide bonds. The van der Waals surface area contributed by atoms with Crippen LogP contribution in [0.4, 0.5) is 0 Å². The number of carbonyl (C=O) groups excluding carboxylic acids is 6. The van der Waals surface area contributed by atoms with Crippen LogP contribution in [0.5, 0.6) is 0 Å². The van der Waals surface area contributed by atoms with Crippen molar-refractivity contribution < 1.29 is 149 Å². The first-order chi connectivity index (χ1) is 45.8. The maximum atomic E-state index is 13.6. The van der Waals surface area contributed by atoms with Crippen LogP contribution in [0, 0.1) is 0 Å². The summed E-state index contributed by atoms with van der Waals surface area (Å²) in [6, 6.07) is -1.96. The number of hydrogen-bond donors (Lipinski definition) is 6. The summed E-state index contributed by atoms with van der Waals surface area (Å²) in [5, 5.41) is 31.3. The number of unbranched alkanes of at least 4 members (excludes halogenated alkanes) is 25. The van der Waals surface area contributed by atoms with Crippen LogP contribution in [0.15, 0.2) is 12.2 Å². The van der Waals surface area contributed by atoms with Gasteiger partial charge in [-0.1, -0.05) is 207 Å². The summed E-state index contributed by atoms with van der Waals surface area (Å²) in [6.45, 7) is 7.93. The third-order valence-electron chi connectivity index (χ3n) is 16.0. The van der Waals surface area contributed by atoms with Crippen molar-refractivity contribution in [3.63, 3.8) is 0 Å². The molecule has 0 fully saturated rings. The average molecular weight is 1440 g/mol. The van der Waals surface area contributed by atoms with E-state index in [-0.39, 0.29) is 149 Å². The van der Waals surface area contributed by atoms with Gasteiger partial charge in [0.05, 0.1) is 76.8 Å². The number of carbonyl (C=O) groups is 6. The van der Waals surface area contributed by atoms with E-state index in [1.54, 1.807) is 0 Å². The van der Waals surface area contributed by atoms with Crippen molar-refractivity contribution >= 4 is 51.0 Å². The topological polar surface area (TPSA) is 336 Å². The van der Waals surface area contributed by atoms with Crippen LogP contribution in [0.2, 0.25) is 0 Å². The number of phosphoric ester groups is 2. The zero-order valence-electron chi connectivity index (χ0n) is 61.5. The number of phosphoric acid groups is 2. The quantitative estimate of drug-likeness (QED) is 0.00948. The van der Waals surface area contributed by atoms with Crippen molar-refractivity contribution in [1.29, 1.82) is 0 Å². The summed E-state index contributed by atoms with van der Waals surface area (Å²) in [7, 11) is -10.00. The van der Waals surface area contributed by atoms with E-state index in [4.69, 9.17) is 32.3 Å². The van der Waals surface area contributed by atoms with Crippen molar-refractivity contribution in [3.05, 3.63) is 12.2 Å². The normalized spacial score (nSPS) is 14.2. The molecule has 558 valence electrons. The smallest absolute Gasteiger partial charge is 0.756 e. The van der Waals surface area contributed by atoms with Crippen LogP contribution in [-0.4, -0.2) is 142 Å². The zero-order valence-corrected chi connectivity index (χ0v) is 67.3. The third kappa shape index (κ3) is 69.0. The fraction of sp³-hybridized carbons (Fsp3) is 0.886. The summed E-state index contributed by atoms with van der Waals surface area (Å²) in [5.74, 6) is -2.96. The van der Waals surface area contributed by atoms with Crippen LogP contribution in [0.25, 0.3) is 0 Å². The van der Waals surface area contributed by atoms with Gasteiger partial charge < -0.3 is 73.6 Å². The minimum absolute atomic E-state index is 0. The van der Waals surface area contributed by atoms with Gasteiger partial charge in [0.1, 0.15) is 11.9 Å². The minimum Gasteiger partial charge on any atom is -0.756 e. The first-order valence-electron chi connectivity index (χ1n) is 37.0. The van der Waals surface area contributed by atoms with Gasteiger partial charge in [-0.25, -0.2) is 0 Å². The molecular weight excluding hydrogens is 1310 g/mol. The van der Waals surface area contributed by atoms with Gasteiger partial charge in [-0.15, -0.1) is 0 Å². The van der Waals surface area contributed by atoms with Gasteiger partial charge in [0.15, 0.2) is 0 Å². The van der Waals surface area contributed by atoms with E-state index < -0.39 is 96.1 Å². The Balaban J connectivity index is -0.0000442. The van der Waals surface area contributed by atoms with Crippen LogP contribution in [0.3, 0.4) is 0 Å². The number of rotatable bonds is 71. The zero-order chi connectivity index (χ0) is 70.3. The molecule has 97 heavy (non-hydrogen) atoms. The number of Topliss-reactive ketones (excluding diaryl/α,β-unsaturated/α-hetero) is 1. The van der Waals surface area contributed by atoms with Crippen LogP contribution >= 0.6 is 15.6 Å². The van der Waals surface area contributed by atoms with Crippen molar-refractivity contribution in [1.82, 2.24) is 21.3 Å². The summed E-state index contributed by atoms with van der Waals surface area (Å²) in [6.07, 6.45) is 36.3. The van der Waals surface area contributed by atoms with Gasteiger partial charge in [-0.05, 0) is 70.6 Å². The summed E-state index contributed by atoms with van der Waals surface area (Å²) in [4.78, 5) is 103. The van der Waals surface area contributed by atoms with Crippen molar-refractivity contribution in [3.8, 4) is 0 Å². The van der Waals surface area contributed by atoms with E-state index in [0.717, 1.165) is 135 Å². The molecule has 0 bridgehead atoms. The SMILES string of the molecule is CCCCCC/C=C\CCCC(=O)O[C@H](CCCCCCC)CC(=O)NC(COCCC(O)CCCCCCC)COP(=O)([O-])OCCNC(=O)CCC(=O)NCCOP(=O)([O-])OCC(COCCC(O)CCCCCCC)NC(=O)CC(=O)CCCCCCCCCCC.[Na+].[Na+]. The second-order valence-corrected chi connectivity index (χ2v) is 28.2. The maximum Gasteiger partial charge on any atom is 1.00 e. The van der Waals surface area contributed by atoms with E-state index in [1.807, 2.05) is 0 Å². The Labute approximate surface area is 629 Å². The van der Waals surface area contributed by atoms with E-state index >= 15 is 0 Å². The fourth-order valence-electron chi connectivity index (χ4n) is 10.3. The number of hydrogen-bond acceptors (Lipinski definition) is 19. The molecule has 23 nitrogen and oxygen atoms in total. The molecule has 0 saturated carbocycles. The second-order valence-electron chi connectivity index (χ2n) is 25.3. The Morgan fingerprint density at radius 1 is 0.412 bits per heavy atom. The monoisotopic (exact) mass is 1440 g/mol. The number of esters is 1. The number of allylic oxidation sites excluding steroid dienone is 2. The molecule has 0 aromatic rings. The summed E-state index contributed by atoms with van der Waals surface area (Å²) < 4.78 is 63.2. The molecule has 0 aromatic heterocycles. The molecular formula is C70H132N4Na2O19P2. The molecule has 7 atom stereocenters. The molecule has 6 unspecified atom stereocenters. The molecule has 6 N–H and O–H groups in total. The Kier molecular flexibility index (Phi) is 72.7. The average Bonchev–Trinajstić information content (AvgIpc) is 1.85.